The molecule has 0 heterocycles. The van der Waals surface area contributed by atoms with Crippen LogP contribution in [0.2, 0.25) is 0 Å². The van der Waals surface area contributed by atoms with E-state index in [0.717, 1.165) is 11.8 Å². The smallest absolute Gasteiger partial charge is 0.0647 e. The van der Waals surface area contributed by atoms with E-state index < -0.39 is 0 Å². The van der Waals surface area contributed by atoms with E-state index in [1.165, 1.54) is 17.6 Å². The van der Waals surface area contributed by atoms with E-state index in [9.17, 15) is 5.11 Å². The number of rotatable bonds is 2. The maximum atomic E-state index is 9.30. The Labute approximate surface area is 86.5 Å². The van der Waals surface area contributed by atoms with Crippen molar-refractivity contribution in [3.05, 3.63) is 23.3 Å². The van der Waals surface area contributed by atoms with Gasteiger partial charge < -0.3 is 5.11 Å². The van der Waals surface area contributed by atoms with Crippen molar-refractivity contribution >= 4 is 0 Å². The summed E-state index contributed by atoms with van der Waals surface area (Å²) in [5.41, 5.74) is 2.76. The maximum Gasteiger partial charge on any atom is 0.0647 e. The van der Waals surface area contributed by atoms with Crippen LogP contribution in [0.5, 0.6) is 0 Å². The van der Waals surface area contributed by atoms with Gasteiger partial charge in [-0.15, -0.1) is 0 Å². The molecule has 3 aliphatic carbocycles. The number of hydrogen-bond donors (Lipinski definition) is 1. The van der Waals surface area contributed by atoms with Crippen molar-refractivity contribution in [2.75, 3.05) is 6.61 Å². The van der Waals surface area contributed by atoms with Gasteiger partial charge in [0.15, 0.2) is 0 Å². The molecule has 0 saturated carbocycles. The summed E-state index contributed by atoms with van der Waals surface area (Å²) in [6.45, 7) is 7.06. The second-order valence-electron chi connectivity index (χ2n) is 5.09. The molecule has 1 heteroatoms. The third-order valence-corrected chi connectivity index (χ3v) is 3.90. The van der Waals surface area contributed by atoms with Crippen LogP contribution in [0.25, 0.3) is 0 Å². The lowest BCUT2D eigenvalue weighted by molar-refractivity contribution is 0.221. The first-order valence-corrected chi connectivity index (χ1v) is 5.63. The quantitative estimate of drug-likeness (QED) is 0.667. The van der Waals surface area contributed by atoms with Crippen molar-refractivity contribution in [2.24, 2.45) is 23.7 Å². The fraction of sp³-hybridized carbons (Fsp3) is 0.692. The highest BCUT2D eigenvalue weighted by Gasteiger charge is 2.36. The Kier molecular flexibility index (Phi) is 2.52. The molecular formula is C13H20O. The predicted molar refractivity (Wildman–Crippen MR) is 58.9 cm³/mol. The highest BCUT2D eigenvalue weighted by Crippen LogP contribution is 2.46. The van der Waals surface area contributed by atoms with E-state index in [-0.39, 0.29) is 6.61 Å². The van der Waals surface area contributed by atoms with Crippen LogP contribution in [-0.4, -0.2) is 11.7 Å². The number of aliphatic hydroxyl groups excluding tert-OH is 1. The zero-order valence-corrected chi connectivity index (χ0v) is 9.33. The molecule has 0 saturated heterocycles. The molecule has 0 aromatic rings. The highest BCUT2D eigenvalue weighted by molar-refractivity contribution is 5.32. The van der Waals surface area contributed by atoms with Gasteiger partial charge in [-0.05, 0) is 36.7 Å². The molecule has 3 rings (SSSR count). The molecular weight excluding hydrogens is 172 g/mol. The molecule has 0 aliphatic heterocycles. The minimum atomic E-state index is 0.244. The van der Waals surface area contributed by atoms with Crippen molar-refractivity contribution in [3.63, 3.8) is 0 Å². The van der Waals surface area contributed by atoms with E-state index in [1.807, 2.05) is 0 Å². The summed E-state index contributed by atoms with van der Waals surface area (Å²) in [4.78, 5) is 0. The van der Waals surface area contributed by atoms with Gasteiger partial charge in [-0.2, -0.15) is 0 Å². The summed E-state index contributed by atoms with van der Waals surface area (Å²) in [6.07, 6.45) is 5.96. The Morgan fingerprint density at radius 2 is 2.14 bits per heavy atom. The van der Waals surface area contributed by atoms with Crippen LogP contribution in [0.4, 0.5) is 0 Å². The molecule has 14 heavy (non-hydrogen) atoms. The second kappa shape index (κ2) is 3.54. The Morgan fingerprint density at radius 3 is 2.64 bits per heavy atom. The predicted octanol–water partition coefficient (Wildman–Crippen LogP) is 2.77. The van der Waals surface area contributed by atoms with Crippen molar-refractivity contribution in [1.82, 2.24) is 0 Å². The van der Waals surface area contributed by atoms with Gasteiger partial charge in [0.25, 0.3) is 0 Å². The minimum absolute atomic E-state index is 0.244. The van der Waals surface area contributed by atoms with Crippen LogP contribution in [0.3, 0.4) is 0 Å². The third-order valence-electron chi connectivity index (χ3n) is 3.90. The second-order valence-corrected chi connectivity index (χ2v) is 5.09. The lowest BCUT2D eigenvalue weighted by Gasteiger charge is -2.42. The number of hydrogen-bond acceptors (Lipinski definition) is 1. The van der Waals surface area contributed by atoms with Crippen molar-refractivity contribution in [2.45, 2.75) is 27.2 Å². The zero-order chi connectivity index (χ0) is 10.3. The average Bonchev–Trinajstić information content (AvgIpc) is 2.17. The summed E-state index contributed by atoms with van der Waals surface area (Å²) >= 11 is 0. The molecule has 0 aromatic heterocycles. The highest BCUT2D eigenvalue weighted by atomic mass is 16.3. The zero-order valence-electron chi connectivity index (χ0n) is 9.33. The molecule has 0 unspecified atom stereocenters. The molecule has 0 spiro atoms. The first-order valence-electron chi connectivity index (χ1n) is 5.63. The monoisotopic (exact) mass is 192 g/mol. The molecule has 0 fully saturated rings. The van der Waals surface area contributed by atoms with Crippen LogP contribution in [0.1, 0.15) is 27.2 Å². The number of aliphatic hydroxyl groups is 1. The number of fused-ring (bicyclic) bond motifs is 1. The topological polar surface area (TPSA) is 20.2 Å². The molecule has 78 valence electrons. The summed E-state index contributed by atoms with van der Waals surface area (Å²) < 4.78 is 0. The van der Waals surface area contributed by atoms with Crippen molar-refractivity contribution in [1.29, 1.82) is 0 Å². The van der Waals surface area contributed by atoms with Gasteiger partial charge in [0.2, 0.25) is 0 Å². The van der Waals surface area contributed by atoms with Gasteiger partial charge in [-0.1, -0.05) is 31.6 Å². The first kappa shape index (κ1) is 9.97. The Bertz CT molecular complexity index is 286. The fourth-order valence-electron chi connectivity index (χ4n) is 2.95. The van der Waals surface area contributed by atoms with Gasteiger partial charge in [0.1, 0.15) is 0 Å². The molecule has 3 atom stereocenters. The van der Waals surface area contributed by atoms with Gasteiger partial charge >= 0.3 is 0 Å². The third kappa shape index (κ3) is 1.44. The van der Waals surface area contributed by atoms with Gasteiger partial charge in [0, 0.05) is 5.92 Å². The molecule has 1 nitrogen and oxygen atoms in total. The summed E-state index contributed by atoms with van der Waals surface area (Å²) in [5, 5.41) is 9.30. The van der Waals surface area contributed by atoms with Crippen LogP contribution in [0, 0.1) is 23.7 Å². The summed E-state index contributed by atoms with van der Waals surface area (Å²) in [5.74, 6) is 2.59. The van der Waals surface area contributed by atoms with Gasteiger partial charge in [0.05, 0.1) is 6.61 Å². The molecule has 0 radical (unpaired) electrons. The van der Waals surface area contributed by atoms with E-state index in [1.54, 1.807) is 0 Å². The minimum Gasteiger partial charge on any atom is -0.392 e. The Hall–Kier alpha value is -0.560. The molecule has 1 N–H and O–H groups in total. The van der Waals surface area contributed by atoms with Crippen molar-refractivity contribution in [3.8, 4) is 0 Å². The summed E-state index contributed by atoms with van der Waals surface area (Å²) in [6, 6.07) is 0. The lowest BCUT2D eigenvalue weighted by atomic mass is 9.63. The summed E-state index contributed by atoms with van der Waals surface area (Å²) in [7, 11) is 0. The lowest BCUT2D eigenvalue weighted by Crippen LogP contribution is -2.33. The average molecular weight is 192 g/mol. The van der Waals surface area contributed by atoms with Crippen LogP contribution in [0.15, 0.2) is 23.3 Å². The van der Waals surface area contributed by atoms with E-state index >= 15 is 0 Å². The normalized spacial score (nSPS) is 35.9. The Balaban J connectivity index is 2.29. The molecule has 0 amide bonds. The van der Waals surface area contributed by atoms with Crippen molar-refractivity contribution < 1.29 is 5.11 Å². The van der Waals surface area contributed by atoms with Gasteiger partial charge in [-0.25, -0.2) is 0 Å². The van der Waals surface area contributed by atoms with Crippen LogP contribution < -0.4 is 0 Å². The fourth-order valence-corrected chi connectivity index (χ4v) is 2.95. The number of allylic oxidation sites excluding steroid dienone is 3. The van der Waals surface area contributed by atoms with Crippen LogP contribution >= 0.6 is 0 Å². The largest absolute Gasteiger partial charge is 0.392 e. The first-order chi connectivity index (χ1) is 6.63. The van der Waals surface area contributed by atoms with E-state index in [2.05, 4.69) is 32.9 Å². The van der Waals surface area contributed by atoms with Gasteiger partial charge in [-0.3, -0.25) is 0 Å². The molecule has 3 aliphatic rings. The maximum absolute atomic E-state index is 9.30. The van der Waals surface area contributed by atoms with Crippen LogP contribution in [-0.2, 0) is 0 Å². The molecule has 2 bridgehead atoms. The SMILES string of the molecule is CC1=C[C@@H]2C(CO)=C[C@H]1C[C@@H]2C(C)C. The molecule has 0 aromatic carbocycles. The standard InChI is InChI=1S/C13H20O/c1-8(2)12-6-10-5-11(7-14)13(12)4-9(10)3/h4-5,8,10,12-14H,6-7H2,1-3H3/t10-,12+,13+/m0/s1. The van der Waals surface area contributed by atoms with E-state index in [4.69, 9.17) is 0 Å². The van der Waals surface area contributed by atoms with E-state index in [0.29, 0.717) is 11.8 Å². The Morgan fingerprint density at radius 1 is 1.43 bits per heavy atom.